The molecule has 0 saturated carbocycles. The molecule has 0 unspecified atom stereocenters. The highest BCUT2D eigenvalue weighted by Gasteiger charge is 2.30. The first kappa shape index (κ1) is 18.4. The second-order valence-corrected chi connectivity index (χ2v) is 9.11. The minimum Gasteiger partial charge on any atom is -0.490 e. The molecule has 0 spiro atoms. The summed E-state index contributed by atoms with van der Waals surface area (Å²) in [5.41, 5.74) is 8.55. The van der Waals surface area contributed by atoms with Crippen LogP contribution < -0.4 is 10.5 Å². The quantitative estimate of drug-likeness (QED) is 0.527. The van der Waals surface area contributed by atoms with Gasteiger partial charge in [-0.1, -0.05) is 41.0 Å². The number of anilines is 1. The van der Waals surface area contributed by atoms with Crippen LogP contribution in [-0.4, -0.2) is 29.1 Å². The second-order valence-electron chi connectivity index (χ2n) is 7.29. The average Bonchev–Trinajstić information content (AvgIpc) is 2.96. The van der Waals surface area contributed by atoms with Crippen molar-refractivity contribution in [2.75, 3.05) is 18.9 Å². The Kier molecular flexibility index (Phi) is 4.62. The topological polar surface area (TPSA) is 51.4 Å². The molecule has 0 amide bonds. The summed E-state index contributed by atoms with van der Waals surface area (Å²) in [6, 6.07) is 5.36. The Hall–Kier alpha value is -1.60. The largest absolute Gasteiger partial charge is 0.490 e. The highest BCUT2D eigenvalue weighted by molar-refractivity contribution is 7.22. The summed E-state index contributed by atoms with van der Waals surface area (Å²) in [5.74, 6) is 0.305. The summed E-state index contributed by atoms with van der Waals surface area (Å²) < 4.78 is 20.8. The normalized spacial score (nSPS) is 19.8. The lowest BCUT2D eigenvalue weighted by Gasteiger charge is -2.33. The van der Waals surface area contributed by atoms with Crippen LogP contribution in [0.5, 0.6) is 5.75 Å². The van der Waals surface area contributed by atoms with Gasteiger partial charge in [0.2, 0.25) is 0 Å². The number of hydrogen-bond acceptors (Lipinski definition) is 5. The molecule has 8 heteroatoms. The number of hydrogen-bond donors (Lipinski definition) is 1. The van der Waals surface area contributed by atoms with Gasteiger partial charge in [0, 0.05) is 29.3 Å². The van der Waals surface area contributed by atoms with E-state index in [9.17, 15) is 4.39 Å². The molecule has 3 aromatic rings. The molecule has 4 nitrogen and oxygen atoms in total. The number of nitrogens with zero attached hydrogens (tertiary/aromatic N) is 2. The fraction of sp³-hybridized carbons (Fsp3) is 0.350. The zero-order valence-corrected chi connectivity index (χ0v) is 17.3. The fourth-order valence-corrected chi connectivity index (χ4v) is 5.74. The van der Waals surface area contributed by atoms with E-state index in [-0.39, 0.29) is 5.82 Å². The molecule has 1 atom stereocenters. The number of nitrogen functional groups attached to an aromatic ring is 1. The summed E-state index contributed by atoms with van der Waals surface area (Å²) in [6.07, 6.45) is 3.55. The van der Waals surface area contributed by atoms with Crippen molar-refractivity contribution >= 4 is 49.9 Å². The summed E-state index contributed by atoms with van der Waals surface area (Å²) in [7, 11) is 0. The van der Waals surface area contributed by atoms with Crippen molar-refractivity contribution in [3.8, 4) is 16.9 Å². The van der Waals surface area contributed by atoms with Gasteiger partial charge in [0.1, 0.15) is 18.2 Å². The molecule has 0 radical (unpaired) electrons. The third-order valence-electron chi connectivity index (χ3n) is 5.57. The lowest BCUT2D eigenvalue weighted by Crippen LogP contribution is -2.40. The Morgan fingerprint density at radius 3 is 3.00 bits per heavy atom. The first-order chi connectivity index (χ1) is 13.5. The summed E-state index contributed by atoms with van der Waals surface area (Å²) in [6.45, 7) is 2.43. The first-order valence-electron chi connectivity index (χ1n) is 9.25. The monoisotopic (exact) mass is 437 g/mol. The molecule has 146 valence electrons. The molecule has 0 aliphatic carbocycles. The van der Waals surface area contributed by atoms with Crippen LogP contribution in [-0.2, 0) is 6.54 Å². The Balaban J connectivity index is 1.67. The van der Waals surface area contributed by atoms with Crippen LogP contribution in [0.2, 0.25) is 10.0 Å². The van der Waals surface area contributed by atoms with E-state index in [0.29, 0.717) is 54.9 Å². The maximum absolute atomic E-state index is 14.2. The maximum Gasteiger partial charge on any atom is 0.181 e. The number of fused-ring (bicyclic) bond motifs is 3. The van der Waals surface area contributed by atoms with Gasteiger partial charge in [0.15, 0.2) is 5.13 Å². The van der Waals surface area contributed by atoms with Crippen molar-refractivity contribution in [3.63, 3.8) is 0 Å². The second kappa shape index (κ2) is 7.02. The van der Waals surface area contributed by atoms with Gasteiger partial charge < -0.3 is 10.5 Å². The van der Waals surface area contributed by atoms with E-state index in [4.69, 9.17) is 33.7 Å². The van der Waals surface area contributed by atoms with Crippen LogP contribution in [0.25, 0.3) is 21.3 Å². The lowest BCUT2D eigenvalue weighted by atomic mass is 10.00. The Bertz CT molecular complexity index is 1090. The van der Waals surface area contributed by atoms with E-state index in [1.54, 1.807) is 6.07 Å². The first-order valence-corrected chi connectivity index (χ1v) is 10.8. The van der Waals surface area contributed by atoms with Crippen molar-refractivity contribution in [1.29, 1.82) is 0 Å². The highest BCUT2D eigenvalue weighted by atomic mass is 35.5. The number of nitrogens with two attached hydrogens (primary N) is 1. The van der Waals surface area contributed by atoms with Crippen LogP contribution in [0.1, 0.15) is 24.8 Å². The van der Waals surface area contributed by atoms with Crippen LogP contribution >= 0.6 is 34.5 Å². The molecule has 1 aromatic heterocycles. The van der Waals surface area contributed by atoms with Crippen molar-refractivity contribution in [2.45, 2.75) is 31.8 Å². The maximum atomic E-state index is 14.2. The summed E-state index contributed by atoms with van der Waals surface area (Å²) >= 11 is 14.6. The summed E-state index contributed by atoms with van der Waals surface area (Å²) in [5, 5.41) is 1.25. The van der Waals surface area contributed by atoms with Crippen molar-refractivity contribution in [1.82, 2.24) is 9.88 Å². The molecule has 1 fully saturated rings. The van der Waals surface area contributed by atoms with Gasteiger partial charge >= 0.3 is 0 Å². The van der Waals surface area contributed by atoms with E-state index in [1.807, 2.05) is 6.07 Å². The number of aromatic nitrogens is 1. The van der Waals surface area contributed by atoms with Crippen LogP contribution in [0.15, 0.2) is 18.2 Å². The molecule has 2 aliphatic rings. The fourth-order valence-electron chi connectivity index (χ4n) is 4.22. The highest BCUT2D eigenvalue weighted by Crippen LogP contribution is 2.47. The molecule has 2 aromatic carbocycles. The van der Waals surface area contributed by atoms with E-state index in [0.717, 1.165) is 36.4 Å². The number of benzene rings is 2. The molecule has 0 bridgehead atoms. The van der Waals surface area contributed by atoms with Crippen LogP contribution in [0.3, 0.4) is 0 Å². The van der Waals surface area contributed by atoms with Crippen molar-refractivity contribution in [3.05, 3.63) is 39.6 Å². The molecule has 5 rings (SSSR count). The van der Waals surface area contributed by atoms with Gasteiger partial charge in [0.05, 0.1) is 20.3 Å². The number of thiazole rings is 1. The number of ether oxygens (including phenoxy) is 1. The Labute approximate surface area is 176 Å². The Morgan fingerprint density at radius 1 is 1.29 bits per heavy atom. The Morgan fingerprint density at radius 2 is 2.14 bits per heavy atom. The smallest absolute Gasteiger partial charge is 0.181 e. The predicted molar refractivity (Wildman–Crippen MR) is 113 cm³/mol. The van der Waals surface area contributed by atoms with Crippen LogP contribution in [0, 0.1) is 5.82 Å². The van der Waals surface area contributed by atoms with E-state index in [1.165, 1.54) is 18.9 Å². The predicted octanol–water partition coefficient (Wildman–Crippen LogP) is 5.74. The molecular formula is C20H18Cl2FN3OS. The number of rotatable bonds is 1. The molecule has 2 N–H and O–H groups in total. The third kappa shape index (κ3) is 2.94. The average molecular weight is 438 g/mol. The molecule has 1 saturated heterocycles. The standard InChI is InChI=1S/C20H18Cl2FN3OS/c21-13-7-10-8-26-6-2-1-3-11(26)9-27-18(10)16(22)15(13)12-4-5-14(23)19-17(12)25-20(24)28-19/h4-5,7,11H,1-3,6,8-9H2,(H2,24,25)/t11-/m1/s1. The van der Waals surface area contributed by atoms with Gasteiger partial charge in [0.25, 0.3) is 0 Å². The van der Waals surface area contributed by atoms with E-state index < -0.39 is 0 Å². The SMILES string of the molecule is Nc1nc2c(-c3c(Cl)cc4c(c3Cl)OC[C@H]3CCCCN3C4)ccc(F)c2s1. The zero-order valence-electron chi connectivity index (χ0n) is 15.0. The third-order valence-corrected chi connectivity index (χ3v) is 7.13. The molecule has 2 aliphatic heterocycles. The molecule has 28 heavy (non-hydrogen) atoms. The van der Waals surface area contributed by atoms with Crippen molar-refractivity contribution < 1.29 is 9.13 Å². The van der Waals surface area contributed by atoms with Crippen molar-refractivity contribution in [2.24, 2.45) is 0 Å². The van der Waals surface area contributed by atoms with E-state index >= 15 is 0 Å². The number of halogens is 3. The zero-order chi connectivity index (χ0) is 19.4. The van der Waals surface area contributed by atoms with Gasteiger partial charge in [-0.3, -0.25) is 4.90 Å². The summed E-state index contributed by atoms with van der Waals surface area (Å²) in [4.78, 5) is 6.76. The van der Waals surface area contributed by atoms with Gasteiger partial charge in [-0.05, 0) is 37.6 Å². The molecular weight excluding hydrogens is 420 g/mol. The van der Waals surface area contributed by atoms with Gasteiger partial charge in [-0.2, -0.15) is 0 Å². The van der Waals surface area contributed by atoms with Gasteiger partial charge in [-0.15, -0.1) is 0 Å². The minimum absolute atomic E-state index is 0.302. The number of piperidine rings is 1. The lowest BCUT2D eigenvalue weighted by molar-refractivity contribution is 0.108. The van der Waals surface area contributed by atoms with Crippen LogP contribution in [0.4, 0.5) is 9.52 Å². The molecule has 3 heterocycles. The van der Waals surface area contributed by atoms with Gasteiger partial charge in [-0.25, -0.2) is 9.37 Å². The minimum atomic E-state index is -0.358. The van der Waals surface area contributed by atoms with E-state index in [2.05, 4.69) is 9.88 Å².